The van der Waals surface area contributed by atoms with Crippen molar-refractivity contribution in [3.8, 4) is 0 Å². The Balaban J connectivity index is 1.64. The van der Waals surface area contributed by atoms with Crippen molar-refractivity contribution >= 4 is 6.03 Å². The Labute approximate surface area is 139 Å². The number of hydrogen-bond acceptors (Lipinski definition) is 4. The number of rotatable bonds is 5. The van der Waals surface area contributed by atoms with Gasteiger partial charge in [0.15, 0.2) is 0 Å². The molecule has 1 aliphatic rings. The van der Waals surface area contributed by atoms with E-state index in [1.165, 1.54) is 18.3 Å². The van der Waals surface area contributed by atoms with Crippen LogP contribution in [0.15, 0.2) is 34.9 Å². The van der Waals surface area contributed by atoms with Gasteiger partial charge in [-0.05, 0) is 37.1 Å². The van der Waals surface area contributed by atoms with Crippen LogP contribution in [0.3, 0.4) is 0 Å². The van der Waals surface area contributed by atoms with Crippen molar-refractivity contribution in [1.29, 1.82) is 0 Å². The standard InChI is InChI=1S/C17H20FN3O3/c1-23-11-12-6-7-16(24-12)15-5-3-9-21(15)17(22)20-10-14-13(18)4-2-8-19-14/h2,4,6-8,15H,3,5,9-11H2,1H3,(H,20,22)/t15-/m1/s1. The molecule has 0 spiro atoms. The highest BCUT2D eigenvalue weighted by atomic mass is 19.1. The molecule has 6 nitrogen and oxygen atoms in total. The van der Waals surface area contributed by atoms with Gasteiger partial charge in [-0.3, -0.25) is 4.98 Å². The smallest absolute Gasteiger partial charge is 0.318 e. The molecule has 0 radical (unpaired) electrons. The third-order valence-electron chi connectivity index (χ3n) is 4.05. The Morgan fingerprint density at radius 3 is 3.17 bits per heavy atom. The summed E-state index contributed by atoms with van der Waals surface area (Å²) in [5, 5.41) is 2.73. The van der Waals surface area contributed by atoms with E-state index in [9.17, 15) is 9.18 Å². The highest BCUT2D eigenvalue weighted by molar-refractivity contribution is 5.75. The van der Waals surface area contributed by atoms with Gasteiger partial charge < -0.3 is 19.4 Å². The van der Waals surface area contributed by atoms with Crippen LogP contribution >= 0.6 is 0 Å². The molecule has 0 aliphatic carbocycles. The number of aromatic nitrogens is 1. The minimum atomic E-state index is -0.425. The lowest BCUT2D eigenvalue weighted by Crippen LogP contribution is -2.39. The van der Waals surface area contributed by atoms with Crippen LogP contribution in [-0.2, 0) is 17.9 Å². The summed E-state index contributed by atoms with van der Waals surface area (Å²) in [6.07, 6.45) is 3.24. The van der Waals surface area contributed by atoms with E-state index < -0.39 is 5.82 Å². The van der Waals surface area contributed by atoms with E-state index in [4.69, 9.17) is 9.15 Å². The number of furan rings is 1. The molecule has 2 aromatic heterocycles. The van der Waals surface area contributed by atoms with Gasteiger partial charge in [0, 0.05) is 19.9 Å². The number of amides is 2. The molecule has 0 aromatic carbocycles. The first-order chi connectivity index (χ1) is 11.7. The number of hydrogen-bond donors (Lipinski definition) is 1. The van der Waals surface area contributed by atoms with Crippen LogP contribution in [0.25, 0.3) is 0 Å². The number of likely N-dealkylation sites (tertiary alicyclic amines) is 1. The molecule has 128 valence electrons. The van der Waals surface area contributed by atoms with Crippen LogP contribution in [0.5, 0.6) is 0 Å². The fraction of sp³-hybridized carbons (Fsp3) is 0.412. The van der Waals surface area contributed by atoms with E-state index in [2.05, 4.69) is 10.3 Å². The van der Waals surface area contributed by atoms with Crippen LogP contribution in [0, 0.1) is 5.82 Å². The summed E-state index contributed by atoms with van der Waals surface area (Å²) in [6, 6.07) is 6.23. The van der Waals surface area contributed by atoms with Crippen molar-refractivity contribution in [1.82, 2.24) is 15.2 Å². The second-order valence-corrected chi connectivity index (χ2v) is 5.68. The summed E-state index contributed by atoms with van der Waals surface area (Å²) in [5.41, 5.74) is 0.224. The minimum Gasteiger partial charge on any atom is -0.461 e. The van der Waals surface area contributed by atoms with Gasteiger partial charge in [0.25, 0.3) is 0 Å². The molecule has 0 saturated carbocycles. The minimum absolute atomic E-state index is 0.0573. The van der Waals surface area contributed by atoms with E-state index >= 15 is 0 Å². The number of urea groups is 1. The maximum Gasteiger partial charge on any atom is 0.318 e. The summed E-state index contributed by atoms with van der Waals surface area (Å²) in [7, 11) is 1.61. The van der Waals surface area contributed by atoms with E-state index in [1.54, 1.807) is 12.0 Å². The second-order valence-electron chi connectivity index (χ2n) is 5.68. The Kier molecular flexibility index (Phi) is 5.10. The van der Waals surface area contributed by atoms with Crippen molar-refractivity contribution in [2.24, 2.45) is 0 Å². The lowest BCUT2D eigenvalue weighted by molar-refractivity contribution is 0.156. The van der Waals surface area contributed by atoms with Gasteiger partial charge >= 0.3 is 6.03 Å². The number of carbonyl (C=O) groups is 1. The van der Waals surface area contributed by atoms with Gasteiger partial charge in [-0.1, -0.05) is 0 Å². The Hall–Kier alpha value is -2.41. The van der Waals surface area contributed by atoms with E-state index in [-0.39, 0.29) is 24.3 Å². The SMILES string of the molecule is COCc1ccc([C@H]2CCCN2C(=O)NCc2ncccc2F)o1. The molecule has 1 saturated heterocycles. The Bertz CT molecular complexity index is 704. The van der Waals surface area contributed by atoms with E-state index in [0.29, 0.717) is 13.2 Å². The van der Waals surface area contributed by atoms with E-state index in [1.807, 2.05) is 12.1 Å². The first-order valence-electron chi connectivity index (χ1n) is 7.90. The second kappa shape index (κ2) is 7.44. The third-order valence-corrected chi connectivity index (χ3v) is 4.05. The molecule has 0 bridgehead atoms. The fourth-order valence-corrected chi connectivity index (χ4v) is 2.91. The summed E-state index contributed by atoms with van der Waals surface area (Å²) in [5.74, 6) is 1.06. The predicted molar refractivity (Wildman–Crippen MR) is 84.5 cm³/mol. The largest absolute Gasteiger partial charge is 0.461 e. The fourth-order valence-electron chi connectivity index (χ4n) is 2.91. The van der Waals surface area contributed by atoms with Gasteiger partial charge in [0.2, 0.25) is 0 Å². The summed E-state index contributed by atoms with van der Waals surface area (Å²) >= 11 is 0. The summed E-state index contributed by atoms with van der Waals surface area (Å²) < 4.78 is 24.4. The molecule has 1 fully saturated rings. The van der Waals surface area contributed by atoms with Crippen LogP contribution in [0.2, 0.25) is 0 Å². The van der Waals surface area contributed by atoms with Crippen LogP contribution in [0.4, 0.5) is 9.18 Å². The molecule has 3 rings (SSSR count). The van der Waals surface area contributed by atoms with Crippen molar-refractivity contribution in [3.63, 3.8) is 0 Å². The maximum atomic E-state index is 13.6. The highest BCUT2D eigenvalue weighted by Crippen LogP contribution is 2.33. The Morgan fingerprint density at radius 1 is 1.50 bits per heavy atom. The van der Waals surface area contributed by atoms with Crippen molar-refractivity contribution in [2.45, 2.75) is 32.0 Å². The number of nitrogens with zero attached hydrogens (tertiary/aromatic N) is 2. The van der Waals surface area contributed by atoms with E-state index in [0.717, 1.165) is 24.4 Å². The molecular formula is C17H20FN3O3. The zero-order valence-electron chi connectivity index (χ0n) is 13.5. The molecule has 2 aromatic rings. The number of carbonyl (C=O) groups excluding carboxylic acids is 1. The number of nitrogens with one attached hydrogen (secondary N) is 1. The van der Waals surface area contributed by atoms with Gasteiger partial charge in [-0.25, -0.2) is 9.18 Å². The molecule has 0 unspecified atom stereocenters. The molecule has 2 amide bonds. The van der Waals surface area contributed by atoms with Crippen molar-refractivity contribution in [3.05, 3.63) is 53.5 Å². The van der Waals surface area contributed by atoms with Gasteiger partial charge in [0.1, 0.15) is 23.9 Å². The average molecular weight is 333 g/mol. The normalized spacial score (nSPS) is 17.2. The van der Waals surface area contributed by atoms with Crippen molar-refractivity contribution in [2.75, 3.05) is 13.7 Å². The molecule has 1 atom stereocenters. The number of pyridine rings is 1. The summed E-state index contributed by atoms with van der Waals surface area (Å²) in [4.78, 5) is 18.1. The highest BCUT2D eigenvalue weighted by Gasteiger charge is 2.32. The van der Waals surface area contributed by atoms with Crippen LogP contribution in [-0.4, -0.2) is 29.6 Å². The topological polar surface area (TPSA) is 67.6 Å². The lowest BCUT2D eigenvalue weighted by atomic mass is 10.2. The average Bonchev–Trinajstić information content (AvgIpc) is 3.23. The van der Waals surface area contributed by atoms with Crippen molar-refractivity contribution < 1.29 is 18.3 Å². The molecule has 1 N–H and O–H groups in total. The summed E-state index contributed by atoms with van der Waals surface area (Å²) in [6.45, 7) is 1.10. The molecule has 24 heavy (non-hydrogen) atoms. The maximum absolute atomic E-state index is 13.6. The zero-order chi connectivity index (χ0) is 16.9. The van der Waals surface area contributed by atoms with Gasteiger partial charge in [-0.2, -0.15) is 0 Å². The van der Waals surface area contributed by atoms with Gasteiger partial charge in [0.05, 0.1) is 18.3 Å². The first kappa shape index (κ1) is 16.4. The van der Waals surface area contributed by atoms with Gasteiger partial charge in [-0.15, -0.1) is 0 Å². The number of halogens is 1. The number of methoxy groups -OCH3 is 1. The monoisotopic (exact) mass is 333 g/mol. The Morgan fingerprint density at radius 2 is 2.38 bits per heavy atom. The first-order valence-corrected chi connectivity index (χ1v) is 7.90. The quantitative estimate of drug-likeness (QED) is 0.913. The number of ether oxygens (including phenoxy) is 1. The van der Waals surface area contributed by atoms with Crippen LogP contribution < -0.4 is 5.32 Å². The predicted octanol–water partition coefficient (Wildman–Crippen LogP) is 3.01. The molecule has 1 aliphatic heterocycles. The lowest BCUT2D eigenvalue weighted by Gasteiger charge is -2.23. The molecule has 3 heterocycles. The zero-order valence-corrected chi connectivity index (χ0v) is 13.5. The van der Waals surface area contributed by atoms with Crippen LogP contribution in [0.1, 0.15) is 36.1 Å². The molecule has 7 heteroatoms. The third kappa shape index (κ3) is 3.56. The molecular weight excluding hydrogens is 313 g/mol.